The van der Waals surface area contributed by atoms with Gasteiger partial charge in [-0.2, -0.15) is 0 Å². The van der Waals surface area contributed by atoms with Gasteiger partial charge >= 0.3 is 11.7 Å². The van der Waals surface area contributed by atoms with Gasteiger partial charge in [0.2, 0.25) is 17.6 Å². The monoisotopic (exact) mass is 442 g/mol. The van der Waals surface area contributed by atoms with Crippen LogP contribution >= 0.6 is 0 Å². The molecule has 0 fully saturated rings. The molecule has 3 atom stereocenters. The molecule has 0 aliphatic rings. The predicted octanol–water partition coefficient (Wildman–Crippen LogP) is -1.22. The Hall–Kier alpha value is -3.44. The lowest BCUT2D eigenvalue weighted by Crippen LogP contribution is -2.70. The Kier molecular flexibility index (Phi) is 8.33. The minimum absolute atomic E-state index is 0.0754. The second kappa shape index (κ2) is 10.7. The fourth-order valence-electron chi connectivity index (χ4n) is 3.21. The van der Waals surface area contributed by atoms with E-state index in [9.17, 15) is 29.4 Å². The molecule has 3 unspecified atom stereocenters. The zero-order valence-electron chi connectivity index (χ0n) is 17.3. The number of nitrogens with zero attached hydrogens (tertiary/aromatic N) is 1. The quantitative estimate of drug-likeness (QED) is 0.222. The molecule has 2 aromatic rings. The van der Waals surface area contributed by atoms with E-state index in [0.29, 0.717) is 11.1 Å². The lowest BCUT2D eigenvalue weighted by Gasteiger charge is -2.36. The van der Waals surface area contributed by atoms with Gasteiger partial charge in [-0.15, -0.1) is 0 Å². The number of aliphatic hydroxyl groups is 1. The summed E-state index contributed by atoms with van der Waals surface area (Å²) in [4.78, 5) is 50.3. The zero-order valence-corrected chi connectivity index (χ0v) is 17.3. The van der Waals surface area contributed by atoms with Gasteiger partial charge in [-0.3, -0.25) is 14.4 Å². The van der Waals surface area contributed by atoms with Crippen LogP contribution in [0, 0.1) is 0 Å². The van der Waals surface area contributed by atoms with Crippen molar-refractivity contribution in [3.8, 4) is 0 Å². The van der Waals surface area contributed by atoms with E-state index in [-0.39, 0.29) is 17.7 Å². The van der Waals surface area contributed by atoms with E-state index in [1.165, 1.54) is 0 Å². The molecule has 0 bridgehead atoms. The summed E-state index contributed by atoms with van der Waals surface area (Å²) >= 11 is 0. The molecular weight excluding hydrogens is 416 g/mol. The fourth-order valence-corrected chi connectivity index (χ4v) is 3.21. The van der Waals surface area contributed by atoms with E-state index in [4.69, 9.17) is 17.2 Å². The summed E-state index contributed by atoms with van der Waals surface area (Å²) in [6.07, 6.45) is -0.210. The Labute approximate surface area is 184 Å². The minimum Gasteiger partial charge on any atom is -0.477 e. The lowest BCUT2D eigenvalue weighted by atomic mass is 9.93. The zero-order chi connectivity index (χ0) is 23.9. The second-order valence-electron chi connectivity index (χ2n) is 7.21. The lowest BCUT2D eigenvalue weighted by molar-refractivity contribution is -0.196. The van der Waals surface area contributed by atoms with Crippen LogP contribution in [0.5, 0.6) is 0 Å². The number of carboxylic acid groups (broad SMARTS) is 1. The number of benzene rings is 2. The molecule has 8 N–H and O–H groups in total. The molecule has 2 amide bonds. The minimum atomic E-state index is -3.57. The largest absolute Gasteiger partial charge is 0.477 e. The topological polar surface area (TPSA) is 190 Å². The van der Waals surface area contributed by atoms with Crippen LogP contribution < -0.4 is 17.2 Å². The van der Waals surface area contributed by atoms with Crippen LogP contribution in [-0.2, 0) is 32.0 Å². The molecule has 170 valence electrons. The number of aliphatic carboxylic acids is 1. The van der Waals surface area contributed by atoms with Crippen molar-refractivity contribution in [1.29, 1.82) is 0 Å². The fraction of sp³-hybridized carbons (Fsp3) is 0.273. The average molecular weight is 442 g/mol. The van der Waals surface area contributed by atoms with Gasteiger partial charge in [-0.05, 0) is 24.0 Å². The molecule has 10 nitrogen and oxygen atoms in total. The standard InChI is InChI=1S/C22H26N4O6/c23-13-18(27)26(20(29)17(25)12-15-9-5-2-6-10-15)22(32,21(30)31)19(28)16(24)11-14-7-3-1-4-8-14/h1-10,16-17,32H,11-13,23-25H2,(H,30,31). The molecule has 0 saturated carbocycles. The molecule has 0 aromatic heterocycles. The number of imide groups is 1. The summed E-state index contributed by atoms with van der Waals surface area (Å²) in [5.41, 5.74) is 14.7. The Morgan fingerprint density at radius 3 is 1.69 bits per heavy atom. The van der Waals surface area contributed by atoms with Crippen LogP contribution in [0.2, 0.25) is 0 Å². The van der Waals surface area contributed by atoms with Crippen LogP contribution in [0.4, 0.5) is 0 Å². The number of hydrogen-bond acceptors (Lipinski definition) is 8. The predicted molar refractivity (Wildman–Crippen MR) is 115 cm³/mol. The summed E-state index contributed by atoms with van der Waals surface area (Å²) in [5, 5.41) is 20.6. The summed E-state index contributed by atoms with van der Waals surface area (Å²) < 4.78 is 0. The van der Waals surface area contributed by atoms with Crippen molar-refractivity contribution in [2.45, 2.75) is 30.7 Å². The van der Waals surface area contributed by atoms with Crippen molar-refractivity contribution >= 4 is 23.6 Å². The summed E-state index contributed by atoms with van der Waals surface area (Å²) in [5.74, 6) is -6.15. The number of ketones is 1. The third-order valence-electron chi connectivity index (χ3n) is 4.86. The van der Waals surface area contributed by atoms with Gasteiger partial charge in [-0.1, -0.05) is 60.7 Å². The summed E-state index contributed by atoms with van der Waals surface area (Å²) in [7, 11) is 0. The molecule has 0 radical (unpaired) electrons. The molecule has 0 aliphatic heterocycles. The average Bonchev–Trinajstić information content (AvgIpc) is 2.79. The molecule has 10 heteroatoms. The molecule has 0 saturated heterocycles. The van der Waals surface area contributed by atoms with E-state index >= 15 is 0 Å². The number of carbonyl (C=O) groups excluding carboxylic acids is 3. The number of carbonyl (C=O) groups is 4. The van der Waals surface area contributed by atoms with Crippen LogP contribution in [0.1, 0.15) is 11.1 Å². The number of carboxylic acids is 1. The third-order valence-corrected chi connectivity index (χ3v) is 4.86. The SMILES string of the molecule is NCC(=O)N(C(=O)C(N)Cc1ccccc1)C(O)(C(=O)O)C(=O)C(N)Cc1ccccc1. The maximum Gasteiger partial charge on any atom is 0.366 e. The van der Waals surface area contributed by atoms with Gasteiger partial charge in [0.05, 0.1) is 18.6 Å². The van der Waals surface area contributed by atoms with Crippen molar-refractivity contribution in [2.75, 3.05) is 6.54 Å². The van der Waals surface area contributed by atoms with E-state index in [0.717, 1.165) is 0 Å². The highest BCUT2D eigenvalue weighted by Gasteiger charge is 2.56. The highest BCUT2D eigenvalue weighted by molar-refractivity contribution is 6.15. The van der Waals surface area contributed by atoms with Crippen LogP contribution in [0.15, 0.2) is 60.7 Å². The Morgan fingerprint density at radius 2 is 1.28 bits per heavy atom. The number of amides is 2. The Morgan fingerprint density at radius 1 is 0.844 bits per heavy atom. The van der Waals surface area contributed by atoms with E-state index in [1.807, 2.05) is 0 Å². The smallest absolute Gasteiger partial charge is 0.366 e. The van der Waals surface area contributed by atoms with Gasteiger partial charge in [-0.25, -0.2) is 9.69 Å². The van der Waals surface area contributed by atoms with Gasteiger partial charge in [0, 0.05) is 0 Å². The van der Waals surface area contributed by atoms with Crippen LogP contribution in [-0.4, -0.2) is 63.0 Å². The molecule has 0 heterocycles. The number of hydrogen-bond donors (Lipinski definition) is 5. The van der Waals surface area contributed by atoms with E-state index in [1.54, 1.807) is 60.7 Å². The Bertz CT molecular complexity index is 969. The van der Waals surface area contributed by atoms with E-state index in [2.05, 4.69) is 0 Å². The van der Waals surface area contributed by atoms with Crippen molar-refractivity contribution in [3.05, 3.63) is 71.8 Å². The maximum absolute atomic E-state index is 13.0. The van der Waals surface area contributed by atoms with Gasteiger partial charge in [0.15, 0.2) is 0 Å². The first-order valence-electron chi connectivity index (χ1n) is 9.79. The van der Waals surface area contributed by atoms with Crippen molar-refractivity contribution < 1.29 is 29.4 Å². The number of rotatable bonds is 10. The number of nitrogens with two attached hydrogens (primary N) is 3. The molecule has 32 heavy (non-hydrogen) atoms. The summed E-state index contributed by atoms with van der Waals surface area (Å²) in [6, 6.07) is 13.9. The number of Topliss-reactive ketones (excluding diaryl/α,β-unsaturated/α-hetero) is 1. The van der Waals surface area contributed by atoms with E-state index < -0.39 is 47.9 Å². The van der Waals surface area contributed by atoms with Gasteiger partial charge in [0.1, 0.15) is 0 Å². The maximum atomic E-state index is 13.0. The second-order valence-corrected chi connectivity index (χ2v) is 7.21. The van der Waals surface area contributed by atoms with Crippen LogP contribution in [0.25, 0.3) is 0 Å². The van der Waals surface area contributed by atoms with Crippen molar-refractivity contribution in [2.24, 2.45) is 17.2 Å². The first-order valence-corrected chi connectivity index (χ1v) is 9.79. The Balaban J connectivity index is 2.38. The molecule has 0 aliphatic carbocycles. The first-order chi connectivity index (χ1) is 15.1. The van der Waals surface area contributed by atoms with Gasteiger partial charge < -0.3 is 27.4 Å². The molecular formula is C22H26N4O6. The molecule has 2 aromatic carbocycles. The van der Waals surface area contributed by atoms with Gasteiger partial charge in [0.25, 0.3) is 0 Å². The molecule has 0 spiro atoms. The molecule has 2 rings (SSSR count). The van der Waals surface area contributed by atoms with Crippen molar-refractivity contribution in [1.82, 2.24) is 4.90 Å². The highest BCUT2D eigenvalue weighted by Crippen LogP contribution is 2.20. The highest BCUT2D eigenvalue weighted by atomic mass is 16.4. The first kappa shape index (κ1) is 24.8. The normalized spacial score (nSPS) is 14.6. The third kappa shape index (κ3) is 5.42. The van der Waals surface area contributed by atoms with Crippen molar-refractivity contribution in [3.63, 3.8) is 0 Å². The van der Waals surface area contributed by atoms with Crippen LogP contribution in [0.3, 0.4) is 0 Å². The summed E-state index contributed by atoms with van der Waals surface area (Å²) in [6.45, 7) is -0.847.